The molecule has 1 rings (SSSR count). The number of nitrogens with zero attached hydrogens (tertiary/aromatic N) is 2. The molecule has 0 amide bonds. The highest BCUT2D eigenvalue weighted by Crippen LogP contribution is 2.33. The lowest BCUT2D eigenvalue weighted by Crippen LogP contribution is -2.10. The van der Waals surface area contributed by atoms with Gasteiger partial charge in [0, 0.05) is 6.20 Å². The largest absolute Gasteiger partial charge is 0.419 e. The molecule has 0 unspecified atom stereocenters. The fourth-order valence-electron chi connectivity index (χ4n) is 1.06. The van der Waals surface area contributed by atoms with Gasteiger partial charge in [-0.05, 0) is 11.6 Å². The fourth-order valence-corrected chi connectivity index (χ4v) is 1.06. The van der Waals surface area contributed by atoms with Gasteiger partial charge in [0.1, 0.15) is 5.82 Å². The molecule has 0 radical (unpaired) electrons. The van der Waals surface area contributed by atoms with Crippen molar-refractivity contribution in [3.63, 3.8) is 0 Å². The number of aromatic nitrogens is 1. The molecule has 0 saturated heterocycles. The first-order valence-electron chi connectivity index (χ1n) is 4.31. The molecule has 1 aromatic rings. The molecule has 0 aliphatic heterocycles. The van der Waals surface area contributed by atoms with Gasteiger partial charge in [-0.1, -0.05) is 12.2 Å². The molecule has 1 aromatic heterocycles. The molecule has 0 aliphatic rings. The maximum Gasteiger partial charge on any atom is 0.419 e. The lowest BCUT2D eigenvalue weighted by Gasteiger charge is -2.09. The average molecular weight is 227 g/mol. The molecule has 0 saturated carbocycles. The van der Waals surface area contributed by atoms with Gasteiger partial charge in [0.05, 0.1) is 18.1 Å². The Morgan fingerprint density at radius 3 is 2.75 bits per heavy atom. The third-order valence-electron chi connectivity index (χ3n) is 1.76. The summed E-state index contributed by atoms with van der Waals surface area (Å²) in [6.07, 6.45) is -0.321. The van der Waals surface area contributed by atoms with E-state index in [9.17, 15) is 13.2 Å². The maximum atomic E-state index is 12.4. The van der Waals surface area contributed by atoms with E-state index in [4.69, 9.17) is 11.0 Å². The third-order valence-corrected chi connectivity index (χ3v) is 1.76. The second-order valence-electron chi connectivity index (χ2n) is 2.96. The Morgan fingerprint density at radius 1 is 1.50 bits per heavy atom. The first kappa shape index (κ1) is 12.0. The smallest absolute Gasteiger partial charge is 0.383 e. The molecule has 1 heterocycles. The number of nitriles is 1. The Labute approximate surface area is 90.0 Å². The zero-order chi connectivity index (χ0) is 12.2. The minimum atomic E-state index is -4.52. The van der Waals surface area contributed by atoms with Gasteiger partial charge in [0.15, 0.2) is 0 Å². The molecule has 0 spiro atoms. The number of hydrogen-bond donors (Lipinski definition) is 1. The summed E-state index contributed by atoms with van der Waals surface area (Å²) in [5.41, 5.74) is 4.42. The second-order valence-corrected chi connectivity index (χ2v) is 2.96. The molecule has 0 atom stereocenters. The van der Waals surface area contributed by atoms with Crippen molar-refractivity contribution >= 4 is 11.9 Å². The monoisotopic (exact) mass is 227 g/mol. The summed E-state index contributed by atoms with van der Waals surface area (Å²) in [6.45, 7) is 0. The summed E-state index contributed by atoms with van der Waals surface area (Å²) in [6, 6.07) is 2.74. The van der Waals surface area contributed by atoms with Crippen molar-refractivity contribution in [1.29, 1.82) is 5.26 Å². The zero-order valence-corrected chi connectivity index (χ0v) is 8.12. The highest BCUT2D eigenvalue weighted by molar-refractivity contribution is 5.54. The van der Waals surface area contributed by atoms with E-state index in [1.165, 1.54) is 18.3 Å². The third kappa shape index (κ3) is 2.98. The normalized spacial score (nSPS) is 11.6. The van der Waals surface area contributed by atoms with Crippen LogP contribution in [0, 0.1) is 11.3 Å². The van der Waals surface area contributed by atoms with Crippen LogP contribution in [0.2, 0.25) is 0 Å². The first-order valence-corrected chi connectivity index (χ1v) is 4.31. The van der Waals surface area contributed by atoms with Gasteiger partial charge in [-0.2, -0.15) is 18.4 Å². The van der Waals surface area contributed by atoms with E-state index in [1.54, 1.807) is 0 Å². The van der Waals surface area contributed by atoms with E-state index < -0.39 is 17.6 Å². The van der Waals surface area contributed by atoms with Crippen molar-refractivity contribution in [2.24, 2.45) is 0 Å². The first-order chi connectivity index (χ1) is 7.45. The topological polar surface area (TPSA) is 62.7 Å². The van der Waals surface area contributed by atoms with Gasteiger partial charge >= 0.3 is 6.18 Å². The Balaban J connectivity index is 3.04. The summed E-state index contributed by atoms with van der Waals surface area (Å²) >= 11 is 0. The number of hydrogen-bond acceptors (Lipinski definition) is 3. The predicted octanol–water partition coefficient (Wildman–Crippen LogP) is 2.61. The molecular formula is C10H8F3N3. The van der Waals surface area contributed by atoms with Gasteiger partial charge < -0.3 is 5.73 Å². The quantitative estimate of drug-likeness (QED) is 0.844. The second kappa shape index (κ2) is 4.66. The number of anilines is 1. The zero-order valence-electron chi connectivity index (χ0n) is 8.12. The Bertz CT molecular complexity index is 444. The number of halogens is 3. The van der Waals surface area contributed by atoms with Crippen molar-refractivity contribution < 1.29 is 13.2 Å². The van der Waals surface area contributed by atoms with Crippen LogP contribution < -0.4 is 5.73 Å². The number of allylic oxidation sites excluding steroid dienone is 1. The number of nitrogens with two attached hydrogens (primary N) is 1. The number of nitrogen functional groups attached to an aromatic ring is 1. The van der Waals surface area contributed by atoms with E-state index in [0.29, 0.717) is 0 Å². The minimum absolute atomic E-state index is 0.131. The maximum absolute atomic E-state index is 12.4. The van der Waals surface area contributed by atoms with Gasteiger partial charge in [0.25, 0.3) is 0 Å². The van der Waals surface area contributed by atoms with Crippen molar-refractivity contribution in [2.75, 3.05) is 5.73 Å². The van der Waals surface area contributed by atoms with Crippen LogP contribution in [0.15, 0.2) is 18.3 Å². The molecule has 84 valence electrons. The van der Waals surface area contributed by atoms with Crippen LogP contribution in [0.5, 0.6) is 0 Å². The van der Waals surface area contributed by atoms with Crippen molar-refractivity contribution in [2.45, 2.75) is 12.6 Å². The van der Waals surface area contributed by atoms with Crippen LogP contribution in [-0.2, 0) is 6.18 Å². The highest BCUT2D eigenvalue weighted by Gasteiger charge is 2.33. The van der Waals surface area contributed by atoms with Crippen LogP contribution in [0.4, 0.5) is 19.0 Å². The standard InChI is InChI=1S/C10H8F3N3/c11-10(12,13)8-5-7(3-1-2-4-14)6-16-9(8)15/h1,3,5-6H,2H2,(H2,15,16). The molecule has 0 fully saturated rings. The van der Waals surface area contributed by atoms with Crippen LogP contribution in [-0.4, -0.2) is 4.98 Å². The number of pyridine rings is 1. The van der Waals surface area contributed by atoms with E-state index in [2.05, 4.69) is 4.98 Å². The Kier molecular flexibility index (Phi) is 3.51. The fraction of sp³-hybridized carbons (Fsp3) is 0.200. The van der Waals surface area contributed by atoms with Gasteiger partial charge in [0.2, 0.25) is 0 Å². The number of rotatable bonds is 2. The van der Waals surface area contributed by atoms with E-state index in [0.717, 1.165) is 6.07 Å². The van der Waals surface area contributed by atoms with Crippen molar-refractivity contribution in [3.05, 3.63) is 29.5 Å². The molecule has 6 heteroatoms. The Morgan fingerprint density at radius 2 is 2.19 bits per heavy atom. The molecule has 0 aliphatic carbocycles. The van der Waals surface area contributed by atoms with Crippen LogP contribution >= 0.6 is 0 Å². The summed E-state index contributed by atoms with van der Waals surface area (Å²) in [7, 11) is 0. The SMILES string of the molecule is N#CCC=Cc1cnc(N)c(C(F)(F)F)c1. The molecule has 0 aromatic carbocycles. The molecule has 3 nitrogen and oxygen atoms in total. The lowest BCUT2D eigenvalue weighted by molar-refractivity contribution is -0.137. The number of alkyl halides is 3. The van der Waals surface area contributed by atoms with Gasteiger partial charge in [-0.25, -0.2) is 4.98 Å². The van der Waals surface area contributed by atoms with E-state index in [-0.39, 0.29) is 12.0 Å². The van der Waals surface area contributed by atoms with Crippen LogP contribution in [0.25, 0.3) is 6.08 Å². The van der Waals surface area contributed by atoms with Gasteiger partial charge in [-0.3, -0.25) is 0 Å². The highest BCUT2D eigenvalue weighted by atomic mass is 19.4. The predicted molar refractivity (Wildman–Crippen MR) is 52.9 cm³/mol. The summed E-state index contributed by atoms with van der Waals surface area (Å²) < 4.78 is 37.3. The van der Waals surface area contributed by atoms with Crippen molar-refractivity contribution in [1.82, 2.24) is 4.98 Å². The van der Waals surface area contributed by atoms with Crippen LogP contribution in [0.3, 0.4) is 0 Å². The van der Waals surface area contributed by atoms with E-state index >= 15 is 0 Å². The summed E-state index contributed by atoms with van der Waals surface area (Å²) in [5.74, 6) is -0.551. The van der Waals surface area contributed by atoms with E-state index in [1.807, 2.05) is 6.07 Å². The van der Waals surface area contributed by atoms with Crippen LogP contribution in [0.1, 0.15) is 17.5 Å². The minimum Gasteiger partial charge on any atom is -0.383 e. The van der Waals surface area contributed by atoms with Crippen molar-refractivity contribution in [3.8, 4) is 6.07 Å². The summed E-state index contributed by atoms with van der Waals surface area (Å²) in [4.78, 5) is 3.45. The summed E-state index contributed by atoms with van der Waals surface area (Å²) in [5, 5.41) is 8.26. The average Bonchev–Trinajstić information content (AvgIpc) is 2.19. The molecule has 2 N–H and O–H groups in total. The lowest BCUT2D eigenvalue weighted by atomic mass is 10.1. The molecule has 0 bridgehead atoms. The molecule has 16 heavy (non-hydrogen) atoms. The van der Waals surface area contributed by atoms with Gasteiger partial charge in [-0.15, -0.1) is 0 Å². The molecular weight excluding hydrogens is 219 g/mol. The Hall–Kier alpha value is -2.03.